The van der Waals surface area contributed by atoms with Gasteiger partial charge in [0.15, 0.2) is 0 Å². The molecule has 0 fully saturated rings. The maximum atomic E-state index is 11.1. The Kier molecular flexibility index (Phi) is 22.3. The van der Waals surface area contributed by atoms with Crippen molar-refractivity contribution in [1.29, 1.82) is 0 Å². The van der Waals surface area contributed by atoms with Crippen molar-refractivity contribution in [3.05, 3.63) is 59.7 Å². The van der Waals surface area contributed by atoms with Crippen LogP contribution >= 0.6 is 13.4 Å². The molecule has 0 aromatic heterocycles. The Hall–Kier alpha value is -0.132. The molecule has 0 aliphatic rings. The molecule has 0 spiro atoms. The van der Waals surface area contributed by atoms with Crippen molar-refractivity contribution in [3.63, 3.8) is 0 Å². The number of para-hydroxylation sites is 2. The van der Waals surface area contributed by atoms with Gasteiger partial charge >= 0.3 is 21.1 Å². The number of unbranched alkanes of at least 4 members (excludes halogenated alkanes) is 6. The zero-order valence-corrected chi connectivity index (χ0v) is 30.3. The van der Waals surface area contributed by atoms with Crippen LogP contribution in [0, 0.1) is 11.8 Å². The third-order valence-electron chi connectivity index (χ3n) is 6.32. The summed E-state index contributed by atoms with van der Waals surface area (Å²) in [6, 6.07) is 14.4. The predicted molar refractivity (Wildman–Crippen MR) is 166 cm³/mol. The smallest absolute Gasteiger partial charge is 0.803 e. The number of hydrogen-bond donors (Lipinski definition) is 0. The molecule has 0 unspecified atom stereocenters. The summed E-state index contributed by atoms with van der Waals surface area (Å²) in [7, 11) is 0. The molecule has 0 saturated carbocycles. The van der Waals surface area contributed by atoms with Crippen LogP contribution in [0.4, 0.5) is 0 Å². The molecule has 230 valence electrons. The fourth-order valence-electron chi connectivity index (χ4n) is 4.28. The van der Waals surface area contributed by atoms with Gasteiger partial charge in [0.2, 0.25) is 0 Å². The number of aryl methyl sites for hydroxylation is 2. The van der Waals surface area contributed by atoms with Gasteiger partial charge in [0.25, 0.3) is 0 Å². The van der Waals surface area contributed by atoms with Gasteiger partial charge in [0.1, 0.15) is 11.5 Å². The summed E-state index contributed by atoms with van der Waals surface area (Å²) in [5.41, 5.74) is 1.83. The Bertz CT molecular complexity index is 975. The maximum Gasteiger partial charge on any atom is 4.00 e. The molecule has 0 amide bonds. The largest absolute Gasteiger partial charge is 4.00 e. The second-order valence-electron chi connectivity index (χ2n) is 11.0. The Labute approximate surface area is 273 Å². The molecule has 0 bridgehead atoms. The molecule has 0 atom stereocenters. The zero-order valence-electron chi connectivity index (χ0n) is 24.8. The van der Waals surface area contributed by atoms with E-state index < -0.39 is 13.4 Å². The third kappa shape index (κ3) is 23.0. The fraction of sp³-hybridized carbons (Fsp3) is 0.600. The van der Waals surface area contributed by atoms with Gasteiger partial charge in [-0.2, -0.15) is 0 Å². The monoisotopic (exact) mass is 726 g/mol. The predicted octanol–water partition coefficient (Wildman–Crippen LogP) is 6.32. The normalized spacial score (nSPS) is 11.6. The van der Waals surface area contributed by atoms with Gasteiger partial charge in [-0.15, -0.1) is 0 Å². The van der Waals surface area contributed by atoms with Gasteiger partial charge in [0.05, 0.1) is 0 Å². The summed E-state index contributed by atoms with van der Waals surface area (Å²) in [5.74, 6) is 2.29. The van der Waals surface area contributed by atoms with Crippen LogP contribution in [0.15, 0.2) is 48.5 Å². The van der Waals surface area contributed by atoms with Crippen molar-refractivity contribution >= 4 is 37.1 Å². The van der Waals surface area contributed by atoms with Crippen LogP contribution in [-0.2, 0) is 57.5 Å². The van der Waals surface area contributed by atoms with Crippen LogP contribution < -0.4 is 28.6 Å². The summed E-state index contributed by atoms with van der Waals surface area (Å²) in [6.07, 6.45) is 13.6. The molecule has 6 nitrogen and oxygen atoms in total. The summed E-state index contributed by atoms with van der Waals surface area (Å²) in [5, 5.41) is 0. The molecule has 11 heteroatoms. The summed E-state index contributed by atoms with van der Waals surface area (Å²) >= 11 is 8.60. The van der Waals surface area contributed by atoms with E-state index in [-0.39, 0.29) is 21.1 Å². The maximum absolute atomic E-state index is 11.1. The quantitative estimate of drug-likeness (QED) is 0.0999. The molecule has 2 aromatic rings. The molecule has 2 rings (SSSR count). The minimum atomic E-state index is -4.14. The van der Waals surface area contributed by atoms with E-state index in [1.165, 1.54) is 38.5 Å². The molecular weight excluding hydrogens is 678 g/mol. The first-order valence-electron chi connectivity index (χ1n) is 14.4. The van der Waals surface area contributed by atoms with Gasteiger partial charge in [-0.05, 0) is 74.2 Å². The van der Waals surface area contributed by atoms with E-state index in [1.807, 2.05) is 24.3 Å². The Morgan fingerprint density at radius 1 is 0.561 bits per heavy atom. The Morgan fingerprint density at radius 3 is 1.20 bits per heavy atom. The Balaban J connectivity index is 0.000000762. The van der Waals surface area contributed by atoms with Gasteiger partial charge in [-0.25, -0.2) is 0 Å². The van der Waals surface area contributed by atoms with Crippen LogP contribution in [0.3, 0.4) is 0 Å². The van der Waals surface area contributed by atoms with Crippen LogP contribution in [0.25, 0.3) is 0 Å². The van der Waals surface area contributed by atoms with Crippen LogP contribution in [0.1, 0.15) is 103 Å². The first-order chi connectivity index (χ1) is 18.8. The van der Waals surface area contributed by atoms with Gasteiger partial charge < -0.3 is 28.6 Å². The van der Waals surface area contributed by atoms with Crippen molar-refractivity contribution in [2.24, 2.45) is 11.8 Å². The van der Waals surface area contributed by atoms with Crippen LogP contribution in [0.5, 0.6) is 11.5 Å². The van der Waals surface area contributed by atoms with Crippen molar-refractivity contribution < 1.29 is 49.7 Å². The first kappa shape index (κ1) is 40.9. The van der Waals surface area contributed by atoms with Crippen LogP contribution in [-0.4, -0.2) is 0 Å². The molecule has 0 saturated heterocycles. The van der Waals surface area contributed by atoms with Gasteiger partial charge in [-0.1, -0.05) is 139 Å². The number of rotatable bonds is 18. The number of hydrogen-bond acceptors (Lipinski definition) is 8. The average molecular weight is 725 g/mol. The second kappa shape index (κ2) is 22.4. The standard InChI is InChI=1S/2C15H25O3PS.Mo/c2*1-13(2)9-5-3-4-6-10-14-11-7-8-12-15(14)18-19(16,17)20;/h2*7-8,11-13H,3-6,9-10H2,1-2H3,(H2,16,17,20);/q;;+4/p-4. The van der Waals surface area contributed by atoms with Crippen molar-refractivity contribution in [2.45, 2.75) is 105 Å². The van der Waals surface area contributed by atoms with E-state index in [1.54, 1.807) is 24.3 Å². The molecule has 2 aromatic carbocycles. The van der Waals surface area contributed by atoms with Crippen molar-refractivity contribution in [3.8, 4) is 11.5 Å². The SMILES string of the molecule is CC(C)CCCCCCc1ccccc1OP([O-])([O-])=S.CC(C)CCCCCCc1ccccc1OP([O-])([O-])=S.[Mo+4]. The topological polar surface area (TPSA) is 111 Å². The minimum absolute atomic E-state index is 0. The van der Waals surface area contributed by atoms with E-state index in [4.69, 9.17) is 9.05 Å². The summed E-state index contributed by atoms with van der Waals surface area (Å²) in [6.45, 7) is 0.675. The van der Waals surface area contributed by atoms with E-state index >= 15 is 0 Å². The van der Waals surface area contributed by atoms with Crippen molar-refractivity contribution in [2.75, 3.05) is 0 Å². The third-order valence-corrected chi connectivity index (χ3v) is 7.61. The van der Waals surface area contributed by atoms with Crippen molar-refractivity contribution in [1.82, 2.24) is 0 Å². The van der Waals surface area contributed by atoms with E-state index in [2.05, 4.69) is 51.3 Å². The van der Waals surface area contributed by atoms with Gasteiger partial charge in [-0.3, -0.25) is 0 Å². The molecule has 41 heavy (non-hydrogen) atoms. The van der Waals surface area contributed by atoms with E-state index in [0.29, 0.717) is 11.5 Å². The minimum Gasteiger partial charge on any atom is -0.803 e. The molecule has 0 aliphatic heterocycles. The summed E-state index contributed by atoms with van der Waals surface area (Å²) in [4.78, 5) is 44.2. The molecule has 0 aliphatic carbocycles. The molecular formula is C30H46MoO6P2S2. The average Bonchev–Trinajstić information content (AvgIpc) is 2.83. The van der Waals surface area contributed by atoms with Crippen LogP contribution in [0.2, 0.25) is 0 Å². The molecule has 0 heterocycles. The fourth-order valence-corrected chi connectivity index (χ4v) is 5.60. The summed E-state index contributed by atoms with van der Waals surface area (Å²) < 4.78 is 9.71. The van der Waals surface area contributed by atoms with Gasteiger partial charge in [0, 0.05) is 0 Å². The molecule has 0 radical (unpaired) electrons. The Morgan fingerprint density at radius 2 is 0.878 bits per heavy atom. The second-order valence-corrected chi connectivity index (χ2v) is 15.8. The van der Waals surface area contributed by atoms with E-state index in [0.717, 1.165) is 61.5 Å². The van der Waals surface area contributed by atoms with E-state index in [9.17, 15) is 19.6 Å². The number of benzene rings is 2. The zero-order chi connectivity index (χ0) is 30.0. The molecule has 0 N–H and O–H groups in total. The first-order valence-corrected chi connectivity index (χ1v) is 19.5.